The first-order chi connectivity index (χ1) is 8.17. The number of carbonyl (C=O) groups is 1. The van der Waals surface area contributed by atoms with Crippen molar-refractivity contribution in [1.29, 1.82) is 0 Å². The van der Waals surface area contributed by atoms with Crippen LogP contribution in [0.4, 0.5) is 0 Å². The summed E-state index contributed by atoms with van der Waals surface area (Å²) in [6, 6.07) is 7.66. The molecule has 1 rings (SSSR count). The molecule has 17 heavy (non-hydrogen) atoms. The Kier molecular flexibility index (Phi) is 5.63. The average Bonchev–Trinajstić information content (AvgIpc) is 2.36. The smallest absolute Gasteiger partial charge is 0.233 e. The lowest BCUT2D eigenvalue weighted by Crippen LogP contribution is -2.30. The molecule has 3 nitrogen and oxygen atoms in total. The molecule has 1 aromatic rings. The van der Waals surface area contributed by atoms with Gasteiger partial charge < -0.3 is 10.1 Å². The van der Waals surface area contributed by atoms with Gasteiger partial charge >= 0.3 is 0 Å². The highest BCUT2D eigenvalue weighted by molar-refractivity contribution is 8.00. The standard InChI is InChI=1S/C13H17NO2S/c1-4-9-14-13(15)10(2)17-12-7-5-11(16-3)6-8-12/h4-8,10H,1,9H2,2-3H3,(H,14,15). The molecule has 0 aliphatic rings. The number of carbonyl (C=O) groups excluding carboxylic acids is 1. The molecule has 1 atom stereocenters. The van der Waals surface area contributed by atoms with E-state index in [2.05, 4.69) is 11.9 Å². The molecule has 0 heterocycles. The topological polar surface area (TPSA) is 38.3 Å². The minimum Gasteiger partial charge on any atom is -0.497 e. The summed E-state index contributed by atoms with van der Waals surface area (Å²) in [6.07, 6.45) is 1.67. The van der Waals surface area contributed by atoms with E-state index in [0.29, 0.717) is 6.54 Å². The molecular weight excluding hydrogens is 234 g/mol. The Morgan fingerprint density at radius 1 is 1.53 bits per heavy atom. The van der Waals surface area contributed by atoms with Gasteiger partial charge in [-0.05, 0) is 31.2 Å². The van der Waals surface area contributed by atoms with Crippen molar-refractivity contribution in [2.24, 2.45) is 0 Å². The van der Waals surface area contributed by atoms with Gasteiger partial charge in [0, 0.05) is 11.4 Å². The van der Waals surface area contributed by atoms with Crippen molar-refractivity contribution in [2.45, 2.75) is 17.1 Å². The lowest BCUT2D eigenvalue weighted by Gasteiger charge is -2.11. The second-order valence-electron chi connectivity index (χ2n) is 3.47. The third kappa shape index (κ3) is 4.53. The predicted octanol–water partition coefficient (Wildman–Crippen LogP) is 2.48. The highest BCUT2D eigenvalue weighted by Crippen LogP contribution is 2.25. The molecule has 1 unspecified atom stereocenters. The normalized spacial score (nSPS) is 11.6. The summed E-state index contributed by atoms with van der Waals surface area (Å²) < 4.78 is 5.08. The maximum absolute atomic E-state index is 11.6. The van der Waals surface area contributed by atoms with E-state index in [-0.39, 0.29) is 11.2 Å². The fourth-order valence-electron chi connectivity index (χ4n) is 1.23. The molecule has 0 aromatic heterocycles. The van der Waals surface area contributed by atoms with Gasteiger partial charge in [0.1, 0.15) is 5.75 Å². The second kappa shape index (κ2) is 7.01. The van der Waals surface area contributed by atoms with E-state index in [1.54, 1.807) is 13.2 Å². The van der Waals surface area contributed by atoms with Gasteiger partial charge in [0.15, 0.2) is 0 Å². The van der Waals surface area contributed by atoms with Gasteiger partial charge in [-0.25, -0.2) is 0 Å². The minimum atomic E-state index is -0.122. The van der Waals surface area contributed by atoms with E-state index in [0.717, 1.165) is 10.6 Å². The first kappa shape index (κ1) is 13.6. The maximum atomic E-state index is 11.6. The van der Waals surface area contributed by atoms with Crippen LogP contribution in [-0.2, 0) is 4.79 Å². The largest absolute Gasteiger partial charge is 0.497 e. The molecule has 0 radical (unpaired) electrons. The van der Waals surface area contributed by atoms with Crippen LogP contribution in [0, 0.1) is 0 Å². The van der Waals surface area contributed by atoms with Crippen LogP contribution in [0.25, 0.3) is 0 Å². The number of hydrogen-bond donors (Lipinski definition) is 1. The maximum Gasteiger partial charge on any atom is 0.233 e. The molecule has 0 aliphatic heterocycles. The minimum absolute atomic E-state index is 0.0192. The summed E-state index contributed by atoms with van der Waals surface area (Å²) in [6.45, 7) is 5.95. The average molecular weight is 251 g/mol. The van der Waals surface area contributed by atoms with Gasteiger partial charge in [0.25, 0.3) is 0 Å². The van der Waals surface area contributed by atoms with Gasteiger partial charge in [-0.3, -0.25) is 4.79 Å². The molecule has 92 valence electrons. The molecule has 0 aliphatic carbocycles. The lowest BCUT2D eigenvalue weighted by atomic mass is 10.3. The van der Waals surface area contributed by atoms with E-state index < -0.39 is 0 Å². The van der Waals surface area contributed by atoms with Gasteiger partial charge in [0.05, 0.1) is 12.4 Å². The Balaban J connectivity index is 2.51. The van der Waals surface area contributed by atoms with Crippen molar-refractivity contribution in [2.75, 3.05) is 13.7 Å². The van der Waals surface area contributed by atoms with Gasteiger partial charge in [0.2, 0.25) is 5.91 Å². The van der Waals surface area contributed by atoms with Crippen molar-refractivity contribution in [3.05, 3.63) is 36.9 Å². The number of rotatable bonds is 6. The van der Waals surface area contributed by atoms with Gasteiger partial charge in [-0.15, -0.1) is 18.3 Å². The van der Waals surface area contributed by atoms with Crippen LogP contribution < -0.4 is 10.1 Å². The first-order valence-corrected chi connectivity index (χ1v) is 6.24. The van der Waals surface area contributed by atoms with Gasteiger partial charge in [-0.1, -0.05) is 6.08 Å². The Bertz CT molecular complexity index is 376. The predicted molar refractivity (Wildman–Crippen MR) is 71.5 cm³/mol. The number of thioether (sulfide) groups is 1. The van der Waals surface area contributed by atoms with Crippen molar-refractivity contribution < 1.29 is 9.53 Å². The van der Waals surface area contributed by atoms with Crippen LogP contribution in [0.5, 0.6) is 5.75 Å². The molecule has 0 fully saturated rings. The number of benzene rings is 1. The summed E-state index contributed by atoms with van der Waals surface area (Å²) in [5, 5.41) is 2.65. The fourth-order valence-corrected chi connectivity index (χ4v) is 2.12. The molecule has 1 aromatic carbocycles. The Morgan fingerprint density at radius 2 is 2.18 bits per heavy atom. The molecule has 0 saturated heterocycles. The molecular formula is C13H17NO2S. The van der Waals surface area contributed by atoms with Crippen molar-refractivity contribution >= 4 is 17.7 Å². The zero-order valence-corrected chi connectivity index (χ0v) is 10.9. The fraction of sp³-hybridized carbons (Fsp3) is 0.308. The third-order valence-electron chi connectivity index (χ3n) is 2.16. The zero-order valence-electron chi connectivity index (χ0n) is 10.1. The molecule has 0 bridgehead atoms. The number of amides is 1. The number of hydrogen-bond acceptors (Lipinski definition) is 3. The molecule has 1 amide bonds. The van der Waals surface area contributed by atoms with Crippen LogP contribution in [0.15, 0.2) is 41.8 Å². The van der Waals surface area contributed by atoms with Crippen LogP contribution >= 0.6 is 11.8 Å². The molecule has 4 heteroatoms. The van der Waals surface area contributed by atoms with Crippen LogP contribution in [0.2, 0.25) is 0 Å². The van der Waals surface area contributed by atoms with Crippen LogP contribution in [0.3, 0.4) is 0 Å². The van der Waals surface area contributed by atoms with E-state index in [1.807, 2.05) is 31.2 Å². The highest BCUT2D eigenvalue weighted by Gasteiger charge is 2.13. The molecule has 0 spiro atoms. The van der Waals surface area contributed by atoms with E-state index in [4.69, 9.17) is 4.74 Å². The Morgan fingerprint density at radius 3 is 2.71 bits per heavy atom. The summed E-state index contributed by atoms with van der Waals surface area (Å²) in [4.78, 5) is 12.7. The van der Waals surface area contributed by atoms with Crippen molar-refractivity contribution in [3.8, 4) is 5.75 Å². The number of ether oxygens (including phenoxy) is 1. The molecule has 0 saturated carbocycles. The Hall–Kier alpha value is -1.42. The monoisotopic (exact) mass is 251 g/mol. The SMILES string of the molecule is C=CCNC(=O)C(C)Sc1ccc(OC)cc1. The van der Waals surface area contributed by atoms with E-state index in [9.17, 15) is 4.79 Å². The summed E-state index contributed by atoms with van der Waals surface area (Å²) in [7, 11) is 1.63. The highest BCUT2D eigenvalue weighted by atomic mass is 32.2. The van der Waals surface area contributed by atoms with Crippen LogP contribution in [0.1, 0.15) is 6.92 Å². The lowest BCUT2D eigenvalue weighted by molar-refractivity contribution is -0.120. The van der Waals surface area contributed by atoms with Crippen LogP contribution in [-0.4, -0.2) is 24.8 Å². The van der Waals surface area contributed by atoms with E-state index in [1.165, 1.54) is 11.8 Å². The third-order valence-corrected chi connectivity index (χ3v) is 3.27. The first-order valence-electron chi connectivity index (χ1n) is 5.36. The van der Waals surface area contributed by atoms with Gasteiger partial charge in [-0.2, -0.15) is 0 Å². The number of nitrogens with one attached hydrogen (secondary N) is 1. The second-order valence-corrected chi connectivity index (χ2v) is 4.88. The van der Waals surface area contributed by atoms with E-state index >= 15 is 0 Å². The summed E-state index contributed by atoms with van der Waals surface area (Å²) in [5.41, 5.74) is 0. The zero-order chi connectivity index (χ0) is 12.7. The molecule has 1 N–H and O–H groups in total. The number of methoxy groups -OCH3 is 1. The quantitative estimate of drug-likeness (QED) is 0.623. The van der Waals surface area contributed by atoms with Crippen molar-refractivity contribution in [3.63, 3.8) is 0 Å². The summed E-state index contributed by atoms with van der Waals surface area (Å²) >= 11 is 1.52. The summed E-state index contributed by atoms with van der Waals surface area (Å²) in [5.74, 6) is 0.837. The van der Waals surface area contributed by atoms with Crippen molar-refractivity contribution in [1.82, 2.24) is 5.32 Å². The Labute approximate surface area is 106 Å².